The number of rotatable bonds is 5. The minimum Gasteiger partial charge on any atom is -0.388 e. The Morgan fingerprint density at radius 1 is 1.28 bits per heavy atom. The molecule has 1 aromatic carbocycles. The Morgan fingerprint density at radius 3 is 2.56 bits per heavy atom. The fourth-order valence-corrected chi connectivity index (χ4v) is 2.07. The van der Waals surface area contributed by atoms with Crippen LogP contribution in [-0.2, 0) is 6.61 Å². The van der Waals surface area contributed by atoms with E-state index in [1.807, 2.05) is 18.2 Å². The first-order valence-corrected chi connectivity index (χ1v) is 6.24. The Kier molecular flexibility index (Phi) is 4.10. The van der Waals surface area contributed by atoms with Gasteiger partial charge in [0, 0.05) is 0 Å². The van der Waals surface area contributed by atoms with Crippen molar-refractivity contribution < 1.29 is 9.63 Å². The summed E-state index contributed by atoms with van der Waals surface area (Å²) < 4.78 is 5.27. The van der Waals surface area contributed by atoms with E-state index in [0.717, 1.165) is 6.42 Å². The van der Waals surface area contributed by atoms with Gasteiger partial charge in [-0.2, -0.15) is 4.98 Å². The predicted molar refractivity (Wildman–Crippen MR) is 68.0 cm³/mol. The van der Waals surface area contributed by atoms with E-state index in [9.17, 15) is 0 Å². The predicted octanol–water partition coefficient (Wildman–Crippen LogP) is 2.74. The van der Waals surface area contributed by atoms with Gasteiger partial charge in [-0.05, 0) is 11.5 Å². The van der Waals surface area contributed by atoms with E-state index >= 15 is 0 Å². The third kappa shape index (κ3) is 2.59. The van der Waals surface area contributed by atoms with Crippen LogP contribution in [0.4, 0.5) is 0 Å². The molecule has 0 bridgehead atoms. The van der Waals surface area contributed by atoms with E-state index in [1.165, 1.54) is 5.56 Å². The van der Waals surface area contributed by atoms with Crippen LogP contribution in [0.2, 0.25) is 0 Å². The fraction of sp³-hybridized carbons (Fsp3) is 0.429. The van der Waals surface area contributed by atoms with Crippen molar-refractivity contribution >= 4 is 0 Å². The van der Waals surface area contributed by atoms with E-state index < -0.39 is 0 Å². The second-order valence-corrected chi connectivity index (χ2v) is 4.48. The monoisotopic (exact) mass is 246 g/mol. The van der Waals surface area contributed by atoms with E-state index in [0.29, 0.717) is 17.6 Å². The standard InChI is InChI=1S/C14H18N2O2/c1-3-10(2)13(11-7-5-4-6-8-11)14-15-12(9-17)16-18-14/h4-8,10,13,17H,3,9H2,1-2H3. The summed E-state index contributed by atoms with van der Waals surface area (Å²) in [7, 11) is 0. The number of aliphatic hydroxyl groups excluding tert-OH is 1. The third-order valence-electron chi connectivity index (χ3n) is 3.26. The normalized spacial score (nSPS) is 14.4. The molecule has 0 radical (unpaired) electrons. The molecule has 0 aliphatic carbocycles. The highest BCUT2D eigenvalue weighted by atomic mass is 16.5. The summed E-state index contributed by atoms with van der Waals surface area (Å²) in [4.78, 5) is 4.25. The zero-order valence-corrected chi connectivity index (χ0v) is 10.7. The number of hydrogen-bond acceptors (Lipinski definition) is 4. The highest BCUT2D eigenvalue weighted by Gasteiger charge is 2.25. The largest absolute Gasteiger partial charge is 0.388 e. The molecule has 1 aromatic heterocycles. The molecule has 0 saturated carbocycles. The molecule has 0 aliphatic rings. The summed E-state index contributed by atoms with van der Waals surface area (Å²) in [6.45, 7) is 4.12. The first kappa shape index (κ1) is 12.8. The molecule has 2 aromatic rings. The van der Waals surface area contributed by atoms with Crippen molar-refractivity contribution in [2.75, 3.05) is 0 Å². The van der Waals surface area contributed by atoms with Crippen molar-refractivity contribution in [1.82, 2.24) is 10.1 Å². The molecular weight excluding hydrogens is 228 g/mol. The van der Waals surface area contributed by atoms with E-state index in [4.69, 9.17) is 9.63 Å². The van der Waals surface area contributed by atoms with Crippen LogP contribution in [0.1, 0.15) is 43.5 Å². The summed E-state index contributed by atoms with van der Waals surface area (Å²) in [6.07, 6.45) is 1.02. The second kappa shape index (κ2) is 5.78. The number of nitrogens with zero attached hydrogens (tertiary/aromatic N) is 2. The van der Waals surface area contributed by atoms with Crippen molar-refractivity contribution in [3.63, 3.8) is 0 Å². The van der Waals surface area contributed by atoms with Crippen LogP contribution in [-0.4, -0.2) is 15.2 Å². The van der Waals surface area contributed by atoms with Crippen molar-refractivity contribution in [3.05, 3.63) is 47.6 Å². The van der Waals surface area contributed by atoms with Gasteiger partial charge in [-0.3, -0.25) is 0 Å². The lowest BCUT2D eigenvalue weighted by Gasteiger charge is -2.19. The van der Waals surface area contributed by atoms with Crippen LogP contribution in [0, 0.1) is 5.92 Å². The highest BCUT2D eigenvalue weighted by molar-refractivity contribution is 5.25. The van der Waals surface area contributed by atoms with E-state index in [1.54, 1.807) is 0 Å². The Labute approximate surface area is 107 Å². The zero-order chi connectivity index (χ0) is 13.0. The van der Waals surface area contributed by atoms with Crippen molar-refractivity contribution in [2.24, 2.45) is 5.92 Å². The van der Waals surface area contributed by atoms with Crippen LogP contribution < -0.4 is 0 Å². The minimum atomic E-state index is -0.189. The van der Waals surface area contributed by atoms with Crippen LogP contribution in [0.5, 0.6) is 0 Å². The summed E-state index contributed by atoms with van der Waals surface area (Å²) >= 11 is 0. The molecule has 4 heteroatoms. The molecule has 2 atom stereocenters. The Balaban J connectivity index is 2.37. The molecule has 18 heavy (non-hydrogen) atoms. The van der Waals surface area contributed by atoms with Gasteiger partial charge in [0.2, 0.25) is 5.89 Å². The fourth-order valence-electron chi connectivity index (χ4n) is 2.07. The van der Waals surface area contributed by atoms with Crippen LogP contribution in [0.15, 0.2) is 34.9 Å². The third-order valence-corrected chi connectivity index (χ3v) is 3.26. The number of aliphatic hydroxyl groups is 1. The average Bonchev–Trinajstić information content (AvgIpc) is 2.88. The Morgan fingerprint density at radius 2 is 2.00 bits per heavy atom. The smallest absolute Gasteiger partial charge is 0.234 e. The Hall–Kier alpha value is -1.68. The lowest BCUT2D eigenvalue weighted by molar-refractivity contribution is 0.261. The number of aromatic nitrogens is 2. The Bertz CT molecular complexity index is 482. The summed E-state index contributed by atoms with van der Waals surface area (Å²) in [6, 6.07) is 10.1. The molecule has 0 saturated heterocycles. The topological polar surface area (TPSA) is 59.2 Å². The molecule has 0 spiro atoms. The average molecular weight is 246 g/mol. The quantitative estimate of drug-likeness (QED) is 0.881. The zero-order valence-electron chi connectivity index (χ0n) is 10.7. The molecule has 0 fully saturated rings. The molecular formula is C14H18N2O2. The van der Waals surface area contributed by atoms with Crippen molar-refractivity contribution in [3.8, 4) is 0 Å². The molecule has 2 unspecified atom stereocenters. The number of hydrogen-bond donors (Lipinski definition) is 1. The SMILES string of the molecule is CCC(C)C(c1ccccc1)c1nc(CO)no1. The minimum absolute atomic E-state index is 0.0870. The van der Waals surface area contributed by atoms with Crippen molar-refractivity contribution in [2.45, 2.75) is 32.8 Å². The van der Waals surface area contributed by atoms with Gasteiger partial charge in [0.15, 0.2) is 5.82 Å². The van der Waals surface area contributed by atoms with Gasteiger partial charge in [-0.1, -0.05) is 55.8 Å². The van der Waals surface area contributed by atoms with Gasteiger partial charge in [0.1, 0.15) is 6.61 Å². The maximum atomic E-state index is 9.01. The summed E-state index contributed by atoms with van der Waals surface area (Å²) in [5.74, 6) is 1.41. The van der Waals surface area contributed by atoms with Gasteiger partial charge < -0.3 is 9.63 Å². The molecule has 96 valence electrons. The van der Waals surface area contributed by atoms with Crippen LogP contribution >= 0.6 is 0 Å². The first-order chi connectivity index (χ1) is 8.76. The number of benzene rings is 1. The van der Waals surface area contributed by atoms with Crippen molar-refractivity contribution in [1.29, 1.82) is 0 Å². The second-order valence-electron chi connectivity index (χ2n) is 4.48. The van der Waals surface area contributed by atoms with Crippen LogP contribution in [0.3, 0.4) is 0 Å². The van der Waals surface area contributed by atoms with E-state index in [2.05, 4.69) is 36.1 Å². The molecule has 4 nitrogen and oxygen atoms in total. The molecule has 0 aliphatic heterocycles. The maximum absolute atomic E-state index is 9.01. The summed E-state index contributed by atoms with van der Waals surface area (Å²) in [5, 5.41) is 12.8. The maximum Gasteiger partial charge on any atom is 0.234 e. The van der Waals surface area contributed by atoms with Gasteiger partial charge >= 0.3 is 0 Å². The van der Waals surface area contributed by atoms with Gasteiger partial charge in [-0.25, -0.2) is 0 Å². The highest BCUT2D eigenvalue weighted by Crippen LogP contribution is 2.32. The van der Waals surface area contributed by atoms with Gasteiger partial charge in [-0.15, -0.1) is 0 Å². The first-order valence-electron chi connectivity index (χ1n) is 6.24. The molecule has 1 N–H and O–H groups in total. The lowest BCUT2D eigenvalue weighted by Crippen LogP contribution is -2.11. The summed E-state index contributed by atoms with van der Waals surface area (Å²) in [5.41, 5.74) is 1.17. The van der Waals surface area contributed by atoms with E-state index in [-0.39, 0.29) is 12.5 Å². The van der Waals surface area contributed by atoms with Crippen LogP contribution in [0.25, 0.3) is 0 Å². The van der Waals surface area contributed by atoms with Gasteiger partial charge in [0.25, 0.3) is 0 Å². The lowest BCUT2D eigenvalue weighted by atomic mass is 9.85. The molecule has 2 rings (SSSR count). The van der Waals surface area contributed by atoms with Gasteiger partial charge in [0.05, 0.1) is 5.92 Å². The molecule has 1 heterocycles. The molecule has 0 amide bonds.